The largest absolute Gasteiger partial charge is 0.481 e. The Kier molecular flexibility index (Phi) is 11.6. The number of rotatable bonds is 8. The lowest BCUT2D eigenvalue weighted by atomic mass is 10.0. The molecule has 3 N–H and O–H groups in total. The molecule has 0 fully saturated rings. The third-order valence-corrected chi connectivity index (χ3v) is 4.34. The van der Waals surface area contributed by atoms with E-state index in [4.69, 9.17) is 14.6 Å². The van der Waals surface area contributed by atoms with Gasteiger partial charge in [-0.1, -0.05) is 13.0 Å². The number of halogens is 2. The summed E-state index contributed by atoms with van der Waals surface area (Å²) >= 11 is 0.647. The molecule has 0 saturated carbocycles. The minimum Gasteiger partial charge on any atom is -0.481 e. The zero-order valence-electron chi connectivity index (χ0n) is 17.9. The van der Waals surface area contributed by atoms with E-state index in [1.54, 1.807) is 6.92 Å². The van der Waals surface area contributed by atoms with Gasteiger partial charge in [-0.2, -0.15) is 0 Å². The van der Waals surface area contributed by atoms with E-state index in [1.807, 2.05) is 0 Å². The van der Waals surface area contributed by atoms with E-state index >= 15 is 0 Å². The van der Waals surface area contributed by atoms with E-state index in [0.717, 1.165) is 12.1 Å². The zero-order valence-corrected chi connectivity index (χ0v) is 18.7. The molecule has 0 unspecified atom stereocenters. The SMILES string of the molecule is CC(N)=O.CCCOC(=O)c1cc(-c2ccc(F)cc2F)ccc1OC(=O)SCCC(=O)O. The van der Waals surface area contributed by atoms with Crippen LogP contribution in [0.1, 0.15) is 37.0 Å². The van der Waals surface area contributed by atoms with E-state index < -0.39 is 28.9 Å². The van der Waals surface area contributed by atoms with Crippen LogP contribution >= 0.6 is 11.8 Å². The van der Waals surface area contributed by atoms with Gasteiger partial charge in [-0.15, -0.1) is 0 Å². The highest BCUT2D eigenvalue weighted by Crippen LogP contribution is 2.30. The average molecular weight is 483 g/mol. The number of carboxylic acids is 1. The number of hydrogen-bond donors (Lipinski definition) is 2. The minimum atomic E-state index is -1.06. The molecule has 0 saturated heterocycles. The maximum Gasteiger partial charge on any atom is 0.372 e. The molecule has 0 atom stereocenters. The summed E-state index contributed by atoms with van der Waals surface area (Å²) in [7, 11) is 0. The summed E-state index contributed by atoms with van der Waals surface area (Å²) in [6.07, 6.45) is 0.339. The van der Waals surface area contributed by atoms with Gasteiger partial charge in [0.25, 0.3) is 0 Å². The number of amides is 1. The fourth-order valence-corrected chi connectivity index (χ4v) is 2.88. The fraction of sp³-hybridized carbons (Fsp3) is 0.273. The van der Waals surface area contributed by atoms with Gasteiger partial charge in [0, 0.05) is 24.3 Å². The molecule has 0 aliphatic carbocycles. The van der Waals surface area contributed by atoms with Crippen LogP contribution in [0.3, 0.4) is 0 Å². The molecule has 0 spiro atoms. The monoisotopic (exact) mass is 483 g/mol. The molecule has 0 aliphatic heterocycles. The number of carbonyl (C=O) groups is 4. The number of esters is 1. The molecular formula is C22H23F2NO7S. The Morgan fingerprint density at radius 1 is 1.09 bits per heavy atom. The maximum absolute atomic E-state index is 14.1. The molecule has 2 aromatic carbocycles. The summed E-state index contributed by atoms with van der Waals surface area (Å²) in [5.74, 6) is -3.81. The number of benzene rings is 2. The van der Waals surface area contributed by atoms with Crippen molar-refractivity contribution >= 4 is 34.9 Å². The van der Waals surface area contributed by atoms with Crippen molar-refractivity contribution in [1.82, 2.24) is 0 Å². The molecule has 0 aromatic heterocycles. The lowest BCUT2D eigenvalue weighted by Crippen LogP contribution is -2.11. The minimum absolute atomic E-state index is 0.00263. The summed E-state index contributed by atoms with van der Waals surface area (Å²) < 4.78 is 37.5. The van der Waals surface area contributed by atoms with E-state index in [1.165, 1.54) is 31.2 Å². The molecule has 0 radical (unpaired) electrons. The Labute approximate surface area is 193 Å². The van der Waals surface area contributed by atoms with E-state index in [0.29, 0.717) is 18.2 Å². The van der Waals surface area contributed by atoms with Gasteiger partial charge < -0.3 is 20.3 Å². The van der Waals surface area contributed by atoms with Crippen molar-refractivity contribution in [3.8, 4) is 16.9 Å². The number of hydrogen-bond acceptors (Lipinski definition) is 7. The van der Waals surface area contributed by atoms with Crippen LogP contribution in [0.2, 0.25) is 0 Å². The zero-order chi connectivity index (χ0) is 25.0. The Bertz CT molecular complexity index is 1010. The quantitative estimate of drug-likeness (QED) is 0.528. The van der Waals surface area contributed by atoms with Crippen LogP contribution < -0.4 is 10.5 Å². The molecular weight excluding hydrogens is 460 g/mol. The fourth-order valence-electron chi connectivity index (χ4n) is 2.28. The molecule has 8 nitrogen and oxygen atoms in total. The van der Waals surface area contributed by atoms with E-state index in [-0.39, 0.29) is 47.1 Å². The van der Waals surface area contributed by atoms with Crippen LogP contribution in [0.15, 0.2) is 36.4 Å². The summed E-state index contributed by atoms with van der Waals surface area (Å²) in [4.78, 5) is 44.0. The van der Waals surface area contributed by atoms with Gasteiger partial charge in [0.05, 0.1) is 13.0 Å². The maximum atomic E-state index is 14.1. The first kappa shape index (κ1) is 27.6. The number of ether oxygens (including phenoxy) is 2. The van der Waals surface area contributed by atoms with Crippen molar-refractivity contribution in [3.05, 3.63) is 53.6 Å². The first-order chi connectivity index (χ1) is 15.5. The van der Waals surface area contributed by atoms with Gasteiger partial charge in [-0.3, -0.25) is 9.59 Å². The van der Waals surface area contributed by atoms with Crippen LogP contribution in [-0.2, 0) is 14.3 Å². The summed E-state index contributed by atoms with van der Waals surface area (Å²) in [5, 5.41) is 7.82. The smallest absolute Gasteiger partial charge is 0.372 e. The van der Waals surface area contributed by atoms with Crippen molar-refractivity contribution < 1.29 is 42.5 Å². The predicted octanol–water partition coefficient (Wildman–Crippen LogP) is 4.40. The van der Waals surface area contributed by atoms with Crippen LogP contribution in [0.5, 0.6) is 5.75 Å². The van der Waals surface area contributed by atoms with Gasteiger partial charge in [-0.05, 0) is 48.0 Å². The number of carboxylic acid groups (broad SMARTS) is 1. The van der Waals surface area contributed by atoms with Crippen molar-refractivity contribution in [2.45, 2.75) is 26.7 Å². The Balaban J connectivity index is 0.00000125. The molecule has 11 heteroatoms. The summed E-state index contributed by atoms with van der Waals surface area (Å²) in [6, 6.07) is 7.04. The lowest BCUT2D eigenvalue weighted by Gasteiger charge is -2.12. The van der Waals surface area contributed by atoms with Crippen molar-refractivity contribution in [2.75, 3.05) is 12.4 Å². The van der Waals surface area contributed by atoms with Gasteiger partial charge in [0.15, 0.2) is 0 Å². The Morgan fingerprint density at radius 2 is 1.76 bits per heavy atom. The number of carbonyl (C=O) groups excluding carboxylic acids is 3. The van der Waals surface area contributed by atoms with Crippen molar-refractivity contribution in [1.29, 1.82) is 0 Å². The van der Waals surface area contributed by atoms with Gasteiger partial charge >= 0.3 is 17.2 Å². The lowest BCUT2D eigenvalue weighted by molar-refractivity contribution is -0.136. The van der Waals surface area contributed by atoms with Gasteiger partial charge in [0.2, 0.25) is 5.91 Å². The van der Waals surface area contributed by atoms with Crippen molar-refractivity contribution in [3.63, 3.8) is 0 Å². The normalized spacial score (nSPS) is 9.94. The van der Waals surface area contributed by atoms with Crippen LogP contribution in [0.25, 0.3) is 11.1 Å². The third kappa shape index (κ3) is 10.1. The molecule has 0 bridgehead atoms. The highest BCUT2D eigenvalue weighted by atomic mass is 32.2. The molecule has 2 aromatic rings. The van der Waals surface area contributed by atoms with E-state index in [2.05, 4.69) is 5.73 Å². The summed E-state index contributed by atoms with van der Waals surface area (Å²) in [6.45, 7) is 3.24. The van der Waals surface area contributed by atoms with Gasteiger partial charge in [0.1, 0.15) is 22.9 Å². The predicted molar refractivity (Wildman–Crippen MR) is 118 cm³/mol. The van der Waals surface area contributed by atoms with Crippen molar-refractivity contribution in [2.24, 2.45) is 5.73 Å². The topological polar surface area (TPSA) is 133 Å². The number of thioether (sulfide) groups is 1. The second-order valence-electron chi connectivity index (χ2n) is 6.43. The first-order valence-corrected chi connectivity index (χ1v) is 10.6. The number of primary amides is 1. The van der Waals surface area contributed by atoms with Crippen LogP contribution in [0, 0.1) is 11.6 Å². The molecule has 0 heterocycles. The third-order valence-electron chi connectivity index (χ3n) is 3.61. The Morgan fingerprint density at radius 3 is 2.33 bits per heavy atom. The van der Waals surface area contributed by atoms with E-state index in [9.17, 15) is 28.0 Å². The Hall–Kier alpha value is -3.47. The number of aliphatic carboxylic acids is 1. The second-order valence-corrected chi connectivity index (χ2v) is 7.46. The highest BCUT2D eigenvalue weighted by Gasteiger charge is 2.19. The second kappa shape index (κ2) is 13.8. The molecule has 178 valence electrons. The number of nitrogens with two attached hydrogens (primary N) is 1. The molecule has 0 aliphatic rings. The first-order valence-electron chi connectivity index (χ1n) is 9.64. The molecule has 2 rings (SSSR count). The van der Waals surface area contributed by atoms with Gasteiger partial charge in [-0.25, -0.2) is 18.4 Å². The van der Waals surface area contributed by atoms with Crippen LogP contribution in [0.4, 0.5) is 13.6 Å². The standard InChI is InChI=1S/C20H18F2O6S.C2H5NO/c1-2-8-27-19(25)15-10-12(14-5-4-13(21)11-16(14)22)3-6-17(15)28-20(26)29-9-7-18(23)24;1-2(3)4/h3-6,10-11H,2,7-9H2,1H3,(H,23,24);1H3,(H2,3,4). The highest BCUT2D eigenvalue weighted by molar-refractivity contribution is 8.13. The van der Waals surface area contributed by atoms with Crippen LogP contribution in [-0.4, -0.2) is 40.6 Å². The summed E-state index contributed by atoms with van der Waals surface area (Å²) in [5.41, 5.74) is 4.70. The molecule has 1 amide bonds. The average Bonchev–Trinajstić information content (AvgIpc) is 2.72. The molecule has 33 heavy (non-hydrogen) atoms.